The number of carbonyl (C=O) groups excluding carboxylic acids is 2. The van der Waals surface area contributed by atoms with E-state index < -0.39 is 23.3 Å². The zero-order valence-corrected chi connectivity index (χ0v) is 9.73. The van der Waals surface area contributed by atoms with E-state index in [1.165, 1.54) is 0 Å². The molecule has 1 fully saturated rings. The van der Waals surface area contributed by atoms with Crippen LogP contribution in [-0.2, 0) is 9.59 Å². The number of primary amides is 1. The molecule has 1 aliphatic rings. The molecule has 96 valence electrons. The minimum atomic E-state index is -0.894. The summed E-state index contributed by atoms with van der Waals surface area (Å²) in [5, 5.41) is 11.1. The minimum absolute atomic E-state index is 0.00201. The summed E-state index contributed by atoms with van der Waals surface area (Å²) in [6.07, 6.45) is 1.04. The van der Waals surface area contributed by atoms with Gasteiger partial charge in [0.2, 0.25) is 5.91 Å². The second-order valence-corrected chi connectivity index (χ2v) is 4.31. The first-order valence-electron chi connectivity index (χ1n) is 5.44. The van der Waals surface area contributed by atoms with E-state index in [1.54, 1.807) is 4.90 Å². The molecule has 7 nitrogen and oxygen atoms in total. The lowest BCUT2D eigenvalue weighted by atomic mass is 9.84. The van der Waals surface area contributed by atoms with E-state index in [1.807, 2.05) is 12.2 Å². The minimum Gasteiger partial charge on any atom is -0.481 e. The van der Waals surface area contributed by atoms with E-state index >= 15 is 0 Å². The zero-order chi connectivity index (χ0) is 13.1. The van der Waals surface area contributed by atoms with Crippen molar-refractivity contribution in [3.05, 3.63) is 0 Å². The molecule has 0 bridgehead atoms. The number of imide groups is 1. The average molecular weight is 243 g/mol. The molecule has 0 aromatic heterocycles. The quantitative estimate of drug-likeness (QED) is 0.608. The summed E-state index contributed by atoms with van der Waals surface area (Å²) < 4.78 is 0. The van der Waals surface area contributed by atoms with Gasteiger partial charge in [0.05, 0.1) is 12.0 Å². The summed E-state index contributed by atoms with van der Waals surface area (Å²) in [6, 6.07) is -0.894. The molecule has 1 saturated heterocycles. The highest BCUT2D eigenvalue weighted by Crippen LogP contribution is 2.33. The Bertz CT molecular complexity index is 344. The van der Waals surface area contributed by atoms with Crippen molar-refractivity contribution in [3.8, 4) is 0 Å². The number of rotatable bonds is 4. The van der Waals surface area contributed by atoms with Crippen LogP contribution in [0.5, 0.6) is 0 Å². The van der Waals surface area contributed by atoms with Gasteiger partial charge in [-0.25, -0.2) is 4.79 Å². The van der Waals surface area contributed by atoms with Gasteiger partial charge in [0.15, 0.2) is 0 Å². The molecule has 1 aliphatic heterocycles. The van der Waals surface area contributed by atoms with E-state index in [0.29, 0.717) is 25.9 Å². The number of hydrogen-bond acceptors (Lipinski definition) is 4. The lowest BCUT2D eigenvalue weighted by Gasteiger charge is -2.22. The second-order valence-electron chi connectivity index (χ2n) is 4.31. The standard InChI is InChI=1S/C10H17N3O4/c1-2-10(8(15)16)3-4-13(6-10)5-7(14)12-9(11)17/h2-6H2,1H3,(H,15,16)(H3,11,12,14,17). The highest BCUT2D eigenvalue weighted by molar-refractivity contribution is 5.94. The van der Waals surface area contributed by atoms with Crippen molar-refractivity contribution < 1.29 is 19.5 Å². The van der Waals surface area contributed by atoms with Crippen LogP contribution in [-0.4, -0.2) is 47.5 Å². The number of aliphatic carboxylic acids is 1. The Labute approximate surface area is 98.9 Å². The largest absolute Gasteiger partial charge is 0.481 e. The molecule has 3 amide bonds. The molecule has 17 heavy (non-hydrogen) atoms. The molecule has 0 aromatic rings. The maximum atomic E-state index is 11.3. The van der Waals surface area contributed by atoms with Crippen LogP contribution < -0.4 is 11.1 Å². The molecule has 1 heterocycles. The number of nitrogens with zero attached hydrogens (tertiary/aromatic N) is 1. The van der Waals surface area contributed by atoms with Crippen molar-refractivity contribution in [2.24, 2.45) is 11.1 Å². The number of amides is 3. The molecule has 1 atom stereocenters. The Morgan fingerprint density at radius 3 is 2.53 bits per heavy atom. The molecular weight excluding hydrogens is 226 g/mol. The van der Waals surface area contributed by atoms with Gasteiger partial charge in [0.25, 0.3) is 0 Å². The van der Waals surface area contributed by atoms with E-state index in [9.17, 15) is 14.4 Å². The van der Waals surface area contributed by atoms with Crippen molar-refractivity contribution in [2.75, 3.05) is 19.6 Å². The number of nitrogens with one attached hydrogen (secondary N) is 1. The van der Waals surface area contributed by atoms with Gasteiger partial charge in [0.1, 0.15) is 0 Å². The van der Waals surface area contributed by atoms with Gasteiger partial charge in [-0.15, -0.1) is 0 Å². The summed E-state index contributed by atoms with van der Waals surface area (Å²) in [5.74, 6) is -1.34. The van der Waals surface area contributed by atoms with Gasteiger partial charge in [-0.3, -0.25) is 19.8 Å². The Morgan fingerprint density at radius 2 is 2.12 bits per heavy atom. The number of nitrogens with two attached hydrogens (primary N) is 1. The van der Waals surface area contributed by atoms with Gasteiger partial charge >= 0.3 is 12.0 Å². The fourth-order valence-electron chi connectivity index (χ4n) is 2.09. The first kappa shape index (κ1) is 13.4. The molecule has 0 aromatic carbocycles. The number of carboxylic acid groups (broad SMARTS) is 1. The normalized spacial score (nSPS) is 24.5. The van der Waals surface area contributed by atoms with Crippen LogP contribution >= 0.6 is 0 Å². The topological polar surface area (TPSA) is 113 Å². The summed E-state index contributed by atoms with van der Waals surface area (Å²) >= 11 is 0. The van der Waals surface area contributed by atoms with Gasteiger partial charge in [-0.2, -0.15) is 0 Å². The van der Waals surface area contributed by atoms with Crippen LogP contribution in [0.25, 0.3) is 0 Å². The molecule has 1 unspecified atom stereocenters. The average Bonchev–Trinajstić information content (AvgIpc) is 2.61. The lowest BCUT2D eigenvalue weighted by Crippen LogP contribution is -2.43. The zero-order valence-electron chi connectivity index (χ0n) is 9.73. The van der Waals surface area contributed by atoms with Crippen molar-refractivity contribution in [2.45, 2.75) is 19.8 Å². The first-order valence-corrected chi connectivity index (χ1v) is 5.44. The van der Waals surface area contributed by atoms with Gasteiger partial charge < -0.3 is 10.8 Å². The van der Waals surface area contributed by atoms with Crippen LogP contribution in [0, 0.1) is 5.41 Å². The Hall–Kier alpha value is -1.63. The van der Waals surface area contributed by atoms with Crippen molar-refractivity contribution in [1.29, 1.82) is 0 Å². The fourth-order valence-corrected chi connectivity index (χ4v) is 2.09. The van der Waals surface area contributed by atoms with E-state index in [2.05, 4.69) is 0 Å². The maximum absolute atomic E-state index is 11.3. The Balaban J connectivity index is 2.53. The number of urea groups is 1. The van der Waals surface area contributed by atoms with Crippen molar-refractivity contribution >= 4 is 17.9 Å². The number of likely N-dealkylation sites (tertiary alicyclic amines) is 1. The summed E-state index contributed by atoms with van der Waals surface area (Å²) in [5.41, 5.74) is 4.04. The predicted octanol–water partition coefficient (Wildman–Crippen LogP) is -0.632. The maximum Gasteiger partial charge on any atom is 0.318 e. The molecule has 7 heteroatoms. The number of carbonyl (C=O) groups is 3. The van der Waals surface area contributed by atoms with Crippen LogP contribution in [0.4, 0.5) is 4.79 Å². The summed E-state index contributed by atoms with van der Waals surface area (Å²) in [7, 11) is 0. The monoisotopic (exact) mass is 243 g/mol. The van der Waals surface area contributed by atoms with E-state index in [-0.39, 0.29) is 6.54 Å². The second kappa shape index (κ2) is 5.13. The van der Waals surface area contributed by atoms with E-state index in [4.69, 9.17) is 10.8 Å². The highest BCUT2D eigenvalue weighted by atomic mass is 16.4. The molecule has 0 aliphatic carbocycles. The third kappa shape index (κ3) is 3.16. The lowest BCUT2D eigenvalue weighted by molar-refractivity contribution is -0.148. The van der Waals surface area contributed by atoms with Crippen LogP contribution in [0.2, 0.25) is 0 Å². The molecule has 1 rings (SSSR count). The molecular formula is C10H17N3O4. The number of hydrogen-bond donors (Lipinski definition) is 3. The number of carboxylic acids is 1. The highest BCUT2D eigenvalue weighted by Gasteiger charge is 2.43. The SMILES string of the molecule is CCC1(C(=O)O)CCN(CC(=O)NC(N)=O)C1. The van der Waals surface area contributed by atoms with Crippen molar-refractivity contribution in [3.63, 3.8) is 0 Å². The van der Waals surface area contributed by atoms with Crippen molar-refractivity contribution in [1.82, 2.24) is 10.2 Å². The molecule has 0 saturated carbocycles. The molecule has 0 radical (unpaired) electrons. The van der Waals surface area contributed by atoms with Crippen LogP contribution in [0.15, 0.2) is 0 Å². The van der Waals surface area contributed by atoms with Gasteiger partial charge in [-0.05, 0) is 19.4 Å². The summed E-state index contributed by atoms with van der Waals surface area (Å²) in [4.78, 5) is 34.6. The van der Waals surface area contributed by atoms with Crippen LogP contribution in [0.3, 0.4) is 0 Å². The molecule has 0 spiro atoms. The van der Waals surface area contributed by atoms with E-state index in [0.717, 1.165) is 0 Å². The van der Waals surface area contributed by atoms with Crippen LogP contribution in [0.1, 0.15) is 19.8 Å². The first-order chi connectivity index (χ1) is 7.89. The smallest absolute Gasteiger partial charge is 0.318 e. The van der Waals surface area contributed by atoms with Gasteiger partial charge in [0, 0.05) is 6.54 Å². The predicted molar refractivity (Wildman–Crippen MR) is 59.1 cm³/mol. The third-order valence-corrected chi connectivity index (χ3v) is 3.19. The Kier molecular flexibility index (Phi) is 4.06. The van der Waals surface area contributed by atoms with Gasteiger partial charge in [-0.1, -0.05) is 6.92 Å². The Morgan fingerprint density at radius 1 is 1.47 bits per heavy atom. The fraction of sp³-hybridized carbons (Fsp3) is 0.700. The third-order valence-electron chi connectivity index (χ3n) is 3.19. The molecule has 4 N–H and O–H groups in total. The summed E-state index contributed by atoms with van der Waals surface area (Å²) in [6.45, 7) is 2.68.